The highest BCUT2D eigenvalue weighted by molar-refractivity contribution is 7.10. The minimum atomic E-state index is 0.327. The SMILES string of the molecule is CCNC(=NCc1cccc(COC)c1)NCC(c1cccs1)N1CCOCC1. The van der Waals surface area contributed by atoms with Crippen LogP contribution in [0.25, 0.3) is 0 Å². The Labute approximate surface area is 177 Å². The van der Waals surface area contributed by atoms with Crippen LogP contribution >= 0.6 is 11.3 Å². The summed E-state index contributed by atoms with van der Waals surface area (Å²) < 4.78 is 10.8. The average Bonchev–Trinajstić information content (AvgIpc) is 3.28. The lowest BCUT2D eigenvalue weighted by Gasteiger charge is -2.34. The molecule has 158 valence electrons. The topological polar surface area (TPSA) is 58.1 Å². The van der Waals surface area contributed by atoms with Crippen molar-refractivity contribution in [2.45, 2.75) is 26.1 Å². The number of hydrogen-bond donors (Lipinski definition) is 2. The average molecular weight is 417 g/mol. The number of nitrogens with zero attached hydrogens (tertiary/aromatic N) is 2. The molecule has 29 heavy (non-hydrogen) atoms. The number of ether oxygens (including phenoxy) is 2. The highest BCUT2D eigenvalue weighted by Gasteiger charge is 2.23. The van der Waals surface area contributed by atoms with Gasteiger partial charge in [-0.05, 0) is 29.5 Å². The smallest absolute Gasteiger partial charge is 0.191 e. The fourth-order valence-corrected chi connectivity index (χ4v) is 4.33. The maximum Gasteiger partial charge on any atom is 0.191 e. The van der Waals surface area contributed by atoms with Crippen molar-refractivity contribution >= 4 is 17.3 Å². The molecule has 3 rings (SSSR count). The lowest BCUT2D eigenvalue weighted by molar-refractivity contribution is 0.0177. The normalized spacial score (nSPS) is 16.6. The second kappa shape index (κ2) is 11.9. The number of hydrogen-bond acceptors (Lipinski definition) is 5. The van der Waals surface area contributed by atoms with Gasteiger partial charge in [-0.2, -0.15) is 0 Å². The molecule has 7 heteroatoms. The predicted molar refractivity (Wildman–Crippen MR) is 119 cm³/mol. The molecule has 1 unspecified atom stereocenters. The van der Waals surface area contributed by atoms with Gasteiger partial charge in [0.05, 0.1) is 32.4 Å². The zero-order valence-corrected chi connectivity index (χ0v) is 18.2. The van der Waals surface area contributed by atoms with E-state index in [9.17, 15) is 0 Å². The van der Waals surface area contributed by atoms with Crippen LogP contribution in [0.5, 0.6) is 0 Å². The van der Waals surface area contributed by atoms with Gasteiger partial charge in [0.25, 0.3) is 0 Å². The van der Waals surface area contributed by atoms with Crippen LogP contribution in [0.3, 0.4) is 0 Å². The second-order valence-electron chi connectivity index (χ2n) is 7.01. The number of guanidine groups is 1. The van der Waals surface area contributed by atoms with Crippen LogP contribution in [0.15, 0.2) is 46.8 Å². The Morgan fingerprint density at radius 3 is 2.76 bits per heavy atom. The van der Waals surface area contributed by atoms with E-state index in [2.05, 4.69) is 64.2 Å². The Morgan fingerprint density at radius 2 is 2.03 bits per heavy atom. The second-order valence-corrected chi connectivity index (χ2v) is 7.99. The minimum Gasteiger partial charge on any atom is -0.380 e. The maximum atomic E-state index is 5.54. The highest BCUT2D eigenvalue weighted by atomic mass is 32.1. The van der Waals surface area contributed by atoms with Gasteiger partial charge in [0.15, 0.2) is 5.96 Å². The molecule has 1 saturated heterocycles. The summed E-state index contributed by atoms with van der Waals surface area (Å²) in [6.07, 6.45) is 0. The molecular formula is C22H32N4O2S. The number of methoxy groups -OCH3 is 1. The van der Waals surface area contributed by atoms with Crippen LogP contribution in [-0.4, -0.2) is 57.4 Å². The summed E-state index contributed by atoms with van der Waals surface area (Å²) in [6, 6.07) is 13.1. The summed E-state index contributed by atoms with van der Waals surface area (Å²) in [7, 11) is 1.72. The van der Waals surface area contributed by atoms with Crippen molar-refractivity contribution in [3.05, 3.63) is 57.8 Å². The molecule has 1 fully saturated rings. The summed E-state index contributed by atoms with van der Waals surface area (Å²) in [6.45, 7) is 8.52. The number of thiophene rings is 1. The van der Waals surface area contributed by atoms with E-state index in [1.54, 1.807) is 7.11 Å². The first-order valence-corrected chi connectivity index (χ1v) is 11.1. The number of nitrogens with one attached hydrogen (secondary N) is 2. The standard InChI is InChI=1S/C22H32N4O2S/c1-3-23-22(24-15-18-6-4-7-19(14-18)17-27-2)25-16-20(21-8-5-13-29-21)26-9-11-28-12-10-26/h4-8,13-14,20H,3,9-12,15-17H2,1-2H3,(H2,23,24,25). The molecule has 6 nitrogen and oxygen atoms in total. The van der Waals surface area contributed by atoms with Crippen molar-refractivity contribution < 1.29 is 9.47 Å². The van der Waals surface area contributed by atoms with Crippen molar-refractivity contribution in [1.29, 1.82) is 0 Å². The van der Waals surface area contributed by atoms with Crippen LogP contribution in [0.2, 0.25) is 0 Å². The largest absolute Gasteiger partial charge is 0.380 e. The summed E-state index contributed by atoms with van der Waals surface area (Å²) in [5.41, 5.74) is 2.35. The maximum absolute atomic E-state index is 5.54. The van der Waals surface area contributed by atoms with E-state index in [1.165, 1.54) is 16.0 Å². The number of aliphatic imine (C=N–C) groups is 1. The molecule has 1 aromatic carbocycles. The van der Waals surface area contributed by atoms with Crippen molar-refractivity contribution in [2.24, 2.45) is 4.99 Å². The van der Waals surface area contributed by atoms with Gasteiger partial charge in [0, 0.05) is 38.2 Å². The third-order valence-electron chi connectivity index (χ3n) is 4.89. The van der Waals surface area contributed by atoms with Gasteiger partial charge in [0.1, 0.15) is 0 Å². The molecule has 1 aliphatic rings. The number of morpholine rings is 1. The summed E-state index contributed by atoms with van der Waals surface area (Å²) in [5.74, 6) is 0.847. The third-order valence-corrected chi connectivity index (χ3v) is 5.86. The van der Waals surface area contributed by atoms with Crippen LogP contribution in [0, 0.1) is 0 Å². The Morgan fingerprint density at radius 1 is 1.21 bits per heavy atom. The quantitative estimate of drug-likeness (QED) is 0.486. The molecule has 2 aromatic rings. The Kier molecular flexibility index (Phi) is 8.95. The first kappa shape index (κ1) is 21.8. The first-order valence-electron chi connectivity index (χ1n) is 10.2. The Bertz CT molecular complexity index is 745. The fraction of sp³-hybridized carbons (Fsp3) is 0.500. The van der Waals surface area contributed by atoms with E-state index in [-0.39, 0.29) is 0 Å². The molecule has 0 spiro atoms. The van der Waals surface area contributed by atoms with Crippen LogP contribution in [-0.2, 0) is 22.6 Å². The van der Waals surface area contributed by atoms with E-state index in [1.807, 2.05) is 11.3 Å². The minimum absolute atomic E-state index is 0.327. The number of rotatable bonds is 9. The lowest BCUT2D eigenvalue weighted by Crippen LogP contribution is -2.46. The van der Waals surface area contributed by atoms with Crippen molar-refractivity contribution in [3.8, 4) is 0 Å². The van der Waals surface area contributed by atoms with E-state index in [4.69, 9.17) is 14.5 Å². The molecular weight excluding hydrogens is 384 g/mol. The van der Waals surface area contributed by atoms with E-state index in [0.29, 0.717) is 19.2 Å². The molecule has 0 aliphatic carbocycles. The summed E-state index contributed by atoms with van der Waals surface area (Å²) in [5, 5.41) is 9.07. The van der Waals surface area contributed by atoms with Gasteiger partial charge in [-0.15, -0.1) is 11.3 Å². The first-order chi connectivity index (χ1) is 14.3. The molecule has 2 N–H and O–H groups in total. The van der Waals surface area contributed by atoms with Gasteiger partial charge in [-0.3, -0.25) is 4.90 Å². The summed E-state index contributed by atoms with van der Waals surface area (Å²) in [4.78, 5) is 8.67. The van der Waals surface area contributed by atoms with Gasteiger partial charge in [-0.1, -0.05) is 30.3 Å². The van der Waals surface area contributed by atoms with Gasteiger partial charge in [-0.25, -0.2) is 4.99 Å². The Hall–Kier alpha value is -1.93. The Balaban J connectivity index is 1.64. The van der Waals surface area contributed by atoms with Crippen LogP contribution in [0.4, 0.5) is 0 Å². The van der Waals surface area contributed by atoms with Gasteiger partial charge >= 0.3 is 0 Å². The molecule has 1 atom stereocenters. The predicted octanol–water partition coefficient (Wildman–Crippen LogP) is 3.02. The van der Waals surface area contributed by atoms with Crippen LogP contribution in [0.1, 0.15) is 29.0 Å². The van der Waals surface area contributed by atoms with E-state index in [0.717, 1.165) is 45.4 Å². The van der Waals surface area contributed by atoms with Gasteiger partial charge in [0.2, 0.25) is 0 Å². The summed E-state index contributed by atoms with van der Waals surface area (Å²) >= 11 is 1.81. The molecule has 2 heterocycles. The van der Waals surface area contributed by atoms with Crippen LogP contribution < -0.4 is 10.6 Å². The van der Waals surface area contributed by atoms with Crippen molar-refractivity contribution in [2.75, 3.05) is 46.5 Å². The zero-order valence-electron chi connectivity index (χ0n) is 17.4. The lowest BCUT2D eigenvalue weighted by atomic mass is 10.1. The molecule has 1 aromatic heterocycles. The van der Waals surface area contributed by atoms with E-state index < -0.39 is 0 Å². The van der Waals surface area contributed by atoms with E-state index >= 15 is 0 Å². The molecule has 0 saturated carbocycles. The molecule has 0 radical (unpaired) electrons. The zero-order chi connectivity index (χ0) is 20.3. The highest BCUT2D eigenvalue weighted by Crippen LogP contribution is 2.25. The monoisotopic (exact) mass is 416 g/mol. The third kappa shape index (κ3) is 6.82. The van der Waals surface area contributed by atoms with Crippen molar-refractivity contribution in [3.63, 3.8) is 0 Å². The fourth-order valence-electron chi connectivity index (χ4n) is 3.47. The van der Waals surface area contributed by atoms with Crippen molar-refractivity contribution in [1.82, 2.24) is 15.5 Å². The molecule has 1 aliphatic heterocycles. The van der Waals surface area contributed by atoms with Gasteiger partial charge < -0.3 is 20.1 Å². The molecule has 0 bridgehead atoms. The molecule has 0 amide bonds. The number of benzene rings is 1.